The van der Waals surface area contributed by atoms with E-state index in [1.165, 1.54) is 12.1 Å². The van der Waals surface area contributed by atoms with Gasteiger partial charge in [-0.25, -0.2) is 19.2 Å². The summed E-state index contributed by atoms with van der Waals surface area (Å²) in [6.07, 6.45) is -1.91. The third kappa shape index (κ3) is 6.35. The number of aromatic nitrogens is 7. The van der Waals surface area contributed by atoms with Gasteiger partial charge in [-0.15, -0.1) is 10.2 Å². The number of H-pyrrole nitrogens is 1. The average Bonchev–Trinajstić information content (AvgIpc) is 3.62. The molecule has 0 aliphatic carbocycles. The number of hydrogen-bond acceptors (Lipinski definition) is 9. The molecular formula is C30H25ClF4N8O4. The number of carboxylic acids is 1. The number of rotatable bonds is 9. The Morgan fingerprint density at radius 1 is 1.19 bits per heavy atom. The first kappa shape index (κ1) is 31.0. The molecule has 17 heteroatoms. The van der Waals surface area contributed by atoms with Crippen molar-refractivity contribution in [2.75, 3.05) is 13.2 Å². The Kier molecular flexibility index (Phi) is 8.01. The van der Waals surface area contributed by atoms with Gasteiger partial charge >= 0.3 is 12.1 Å². The van der Waals surface area contributed by atoms with Crippen LogP contribution in [0.15, 0.2) is 36.5 Å². The van der Waals surface area contributed by atoms with Crippen LogP contribution in [0.4, 0.5) is 17.6 Å². The highest BCUT2D eigenvalue weighted by Crippen LogP contribution is 2.38. The van der Waals surface area contributed by atoms with Gasteiger partial charge in [0, 0.05) is 30.3 Å². The van der Waals surface area contributed by atoms with Gasteiger partial charge in [-0.1, -0.05) is 17.7 Å². The van der Waals surface area contributed by atoms with E-state index in [2.05, 4.69) is 25.1 Å². The zero-order valence-corrected chi connectivity index (χ0v) is 25.1. The molecule has 7 rings (SSSR count). The van der Waals surface area contributed by atoms with Gasteiger partial charge in [0.2, 0.25) is 11.7 Å². The molecule has 1 atom stereocenters. The predicted molar refractivity (Wildman–Crippen MR) is 157 cm³/mol. The summed E-state index contributed by atoms with van der Waals surface area (Å²) in [5, 5.41) is 16.8. The van der Waals surface area contributed by atoms with Gasteiger partial charge in [0.05, 0.1) is 42.1 Å². The molecule has 2 aliphatic rings. The van der Waals surface area contributed by atoms with E-state index in [-0.39, 0.29) is 34.9 Å². The Balaban J connectivity index is 1.16. The maximum atomic E-state index is 14.3. The van der Waals surface area contributed by atoms with Gasteiger partial charge in [-0.05, 0) is 42.7 Å². The number of alkyl halides is 3. The van der Waals surface area contributed by atoms with Crippen molar-refractivity contribution in [3.8, 4) is 17.4 Å². The van der Waals surface area contributed by atoms with E-state index in [4.69, 9.17) is 26.1 Å². The van der Waals surface area contributed by atoms with E-state index >= 15 is 0 Å². The third-order valence-corrected chi connectivity index (χ3v) is 8.34. The second kappa shape index (κ2) is 12.2. The minimum absolute atomic E-state index is 0.00653. The van der Waals surface area contributed by atoms with E-state index in [1.54, 1.807) is 12.3 Å². The first-order valence-corrected chi connectivity index (χ1v) is 14.9. The van der Waals surface area contributed by atoms with Crippen LogP contribution in [0.3, 0.4) is 0 Å². The molecule has 1 aromatic carbocycles. The van der Waals surface area contributed by atoms with Crippen molar-refractivity contribution in [3.63, 3.8) is 0 Å². The third-order valence-electron chi connectivity index (χ3n) is 8.10. The highest BCUT2D eigenvalue weighted by atomic mass is 35.5. The smallest absolute Gasteiger partial charge is 0.421 e. The number of pyridine rings is 2. The van der Waals surface area contributed by atoms with Crippen LogP contribution in [-0.4, -0.2) is 69.9 Å². The van der Waals surface area contributed by atoms with Crippen molar-refractivity contribution in [2.24, 2.45) is 0 Å². The Hall–Kier alpha value is -4.67. The number of nitrogens with zero attached hydrogens (tertiary/aromatic N) is 7. The molecule has 0 radical (unpaired) electrons. The van der Waals surface area contributed by atoms with E-state index in [9.17, 15) is 27.5 Å². The van der Waals surface area contributed by atoms with Crippen molar-refractivity contribution < 1.29 is 36.9 Å². The number of nitrogens with one attached hydrogen (secondary N) is 1. The number of imidazole rings is 1. The molecule has 0 saturated carbocycles. The summed E-state index contributed by atoms with van der Waals surface area (Å²) >= 11 is 5.79. The summed E-state index contributed by atoms with van der Waals surface area (Å²) in [6, 6.07) is 6.58. The van der Waals surface area contributed by atoms with Crippen molar-refractivity contribution in [1.29, 1.82) is 0 Å². The van der Waals surface area contributed by atoms with Crippen molar-refractivity contribution in [1.82, 2.24) is 39.6 Å². The van der Waals surface area contributed by atoms with Crippen molar-refractivity contribution in [2.45, 2.75) is 51.4 Å². The van der Waals surface area contributed by atoms with Crippen LogP contribution >= 0.6 is 11.6 Å². The fourth-order valence-electron chi connectivity index (χ4n) is 5.56. The molecule has 6 heterocycles. The number of aromatic carboxylic acids is 1. The maximum absolute atomic E-state index is 14.3. The molecular weight excluding hydrogens is 648 g/mol. The Bertz CT molecular complexity index is 1990. The Morgan fingerprint density at radius 2 is 2.02 bits per heavy atom. The van der Waals surface area contributed by atoms with Crippen LogP contribution in [0.25, 0.3) is 22.6 Å². The molecule has 2 aliphatic heterocycles. The van der Waals surface area contributed by atoms with E-state index in [0.717, 1.165) is 24.1 Å². The van der Waals surface area contributed by atoms with Gasteiger partial charge < -0.3 is 24.1 Å². The minimum Gasteiger partial charge on any atom is -0.475 e. The number of carboxylic acid groups (broad SMARTS) is 1. The van der Waals surface area contributed by atoms with Crippen LogP contribution in [0.2, 0.25) is 5.02 Å². The van der Waals surface area contributed by atoms with Gasteiger partial charge in [0.15, 0.2) is 5.82 Å². The Labute approximate surface area is 268 Å². The van der Waals surface area contributed by atoms with E-state index < -0.39 is 36.0 Å². The lowest BCUT2D eigenvalue weighted by atomic mass is 10.0. The standard InChI is InChI=1S/C30H25ClF4N8O4/c31-17-2-1-16(20(32)8-17)14-47-28-19(30(33,34)35)7-15-3-5-42(12-23(15)38-28)13-25-37-21-9-22(26-39-27(29(44)45)41-40-26)36-10-24(21)43(25)11-18-4-6-46-18/h1-2,7-10,18H,3-6,11-14H2,(H,44,45)(H,39,40,41)/t18-/m0/s1. The molecule has 12 nitrogen and oxygen atoms in total. The topological polar surface area (TPSA) is 144 Å². The van der Waals surface area contributed by atoms with Crippen molar-refractivity contribution in [3.05, 3.63) is 81.4 Å². The van der Waals surface area contributed by atoms with Gasteiger partial charge in [-0.3, -0.25) is 9.88 Å². The highest BCUT2D eigenvalue weighted by molar-refractivity contribution is 6.30. The fraction of sp³-hybridized carbons (Fsp3) is 0.333. The minimum atomic E-state index is -4.73. The number of carbonyl (C=O) groups is 1. The lowest BCUT2D eigenvalue weighted by molar-refractivity contribution is -0.139. The molecule has 0 unspecified atom stereocenters. The molecule has 1 fully saturated rings. The number of benzene rings is 1. The molecule has 0 bridgehead atoms. The summed E-state index contributed by atoms with van der Waals surface area (Å²) < 4.78 is 69.5. The second-order valence-electron chi connectivity index (χ2n) is 11.2. The number of halogens is 5. The van der Waals surface area contributed by atoms with E-state index in [0.29, 0.717) is 61.0 Å². The predicted octanol–water partition coefficient (Wildman–Crippen LogP) is 5.05. The number of hydrogen-bond donors (Lipinski definition) is 2. The monoisotopic (exact) mass is 672 g/mol. The summed E-state index contributed by atoms with van der Waals surface area (Å²) in [6.45, 7) is 1.74. The lowest BCUT2D eigenvalue weighted by Gasteiger charge is -2.30. The van der Waals surface area contributed by atoms with Crippen LogP contribution in [-0.2, 0) is 43.6 Å². The quantitative estimate of drug-likeness (QED) is 0.204. The van der Waals surface area contributed by atoms with Crippen molar-refractivity contribution >= 4 is 28.6 Å². The Morgan fingerprint density at radius 3 is 2.72 bits per heavy atom. The van der Waals surface area contributed by atoms with Gasteiger partial charge in [0.25, 0.3) is 0 Å². The van der Waals surface area contributed by atoms with Crippen LogP contribution in [0, 0.1) is 5.82 Å². The number of ether oxygens (including phenoxy) is 2. The summed E-state index contributed by atoms with van der Waals surface area (Å²) in [5.74, 6) is -2.03. The molecule has 47 heavy (non-hydrogen) atoms. The molecule has 2 N–H and O–H groups in total. The lowest BCUT2D eigenvalue weighted by Crippen LogP contribution is -2.34. The zero-order chi connectivity index (χ0) is 32.9. The van der Waals surface area contributed by atoms with Crippen LogP contribution < -0.4 is 4.74 Å². The summed E-state index contributed by atoms with van der Waals surface area (Å²) in [5.41, 5.74) is 1.58. The normalized spacial score (nSPS) is 16.7. The number of fused-ring (bicyclic) bond motifs is 2. The summed E-state index contributed by atoms with van der Waals surface area (Å²) in [4.78, 5) is 29.5. The van der Waals surface area contributed by atoms with Gasteiger partial charge in [0.1, 0.15) is 29.5 Å². The second-order valence-corrected chi connectivity index (χ2v) is 11.7. The molecule has 0 spiro atoms. The van der Waals surface area contributed by atoms with Crippen LogP contribution in [0.1, 0.15) is 45.2 Å². The first-order valence-electron chi connectivity index (χ1n) is 14.5. The average molecular weight is 673 g/mol. The van der Waals surface area contributed by atoms with E-state index in [1.807, 2.05) is 9.47 Å². The molecule has 0 amide bonds. The zero-order valence-electron chi connectivity index (χ0n) is 24.4. The number of aromatic amines is 1. The summed E-state index contributed by atoms with van der Waals surface area (Å²) in [7, 11) is 0. The largest absolute Gasteiger partial charge is 0.475 e. The first-order chi connectivity index (χ1) is 22.5. The fourth-order valence-corrected chi connectivity index (χ4v) is 5.72. The molecule has 4 aromatic heterocycles. The van der Waals surface area contributed by atoms with Gasteiger partial charge in [-0.2, -0.15) is 13.2 Å². The van der Waals surface area contributed by atoms with Crippen LogP contribution in [0.5, 0.6) is 5.88 Å². The molecule has 1 saturated heterocycles. The molecule has 5 aromatic rings. The highest BCUT2D eigenvalue weighted by Gasteiger charge is 2.37. The SMILES string of the molecule is O=C(O)c1nnc(-c2cc3nc(CN4CCc5cc(C(F)(F)F)c(OCc6ccc(Cl)cc6F)nc5C4)n(C[C@@H]4CCO4)c3cn2)[nH]1. The maximum Gasteiger partial charge on any atom is 0.421 e. The molecule has 244 valence electrons.